The number of hydrogen-bond acceptors (Lipinski definition) is 3. The summed E-state index contributed by atoms with van der Waals surface area (Å²) in [5, 5.41) is 7.45. The van der Waals surface area contributed by atoms with Gasteiger partial charge in [-0.05, 0) is 56.5 Å². The van der Waals surface area contributed by atoms with Crippen LogP contribution in [0.2, 0.25) is 0 Å². The molecule has 24 heavy (non-hydrogen) atoms. The normalized spacial score (nSPS) is 11.9. The summed E-state index contributed by atoms with van der Waals surface area (Å²) in [6.45, 7) is 8.68. The highest BCUT2D eigenvalue weighted by Gasteiger charge is 2.14. The van der Waals surface area contributed by atoms with Crippen molar-refractivity contribution in [3.8, 4) is 5.69 Å². The number of nitrogens with one attached hydrogen (secondary N) is 1. The fraction of sp³-hybridized carbons (Fsp3) is 0.444. The zero-order valence-corrected chi connectivity index (χ0v) is 15.6. The molecule has 5 nitrogen and oxygen atoms in total. The van der Waals surface area contributed by atoms with Crippen molar-refractivity contribution in [2.75, 3.05) is 6.54 Å². The molecule has 1 amide bonds. The van der Waals surface area contributed by atoms with Gasteiger partial charge >= 0.3 is 0 Å². The van der Waals surface area contributed by atoms with Gasteiger partial charge < -0.3 is 11.1 Å². The third kappa shape index (κ3) is 5.08. The lowest BCUT2D eigenvalue weighted by molar-refractivity contribution is 0.0934. The molecule has 2 aromatic rings. The lowest BCUT2D eigenvalue weighted by atomic mass is 10.0. The Labute approximate surface area is 150 Å². The molecule has 3 N–H and O–H groups in total. The van der Waals surface area contributed by atoms with E-state index in [4.69, 9.17) is 5.73 Å². The molecule has 2 rings (SSSR count). The maximum Gasteiger partial charge on any atom is 0.251 e. The molecule has 132 valence electrons. The Morgan fingerprint density at radius 1 is 1.25 bits per heavy atom. The summed E-state index contributed by atoms with van der Waals surface area (Å²) in [4.78, 5) is 12.3. The van der Waals surface area contributed by atoms with Crippen molar-refractivity contribution in [2.45, 2.75) is 40.2 Å². The van der Waals surface area contributed by atoms with Gasteiger partial charge in [-0.3, -0.25) is 4.79 Å². The highest BCUT2D eigenvalue weighted by molar-refractivity contribution is 5.94. The number of halogens is 1. The second kappa shape index (κ2) is 8.85. The molecule has 1 aromatic heterocycles. The minimum atomic E-state index is -0.0824. The fourth-order valence-corrected chi connectivity index (χ4v) is 2.70. The maximum atomic E-state index is 12.3. The fourth-order valence-electron chi connectivity index (χ4n) is 2.70. The molecule has 0 saturated heterocycles. The standard InChI is InChI=1S/C18H26N4O.ClH/c1-12(2)9-16(11-19)20-18(23)15-5-7-17(8-6-15)22-14(4)10-13(3)21-22;/h5-8,10,12,16H,9,11,19H2,1-4H3,(H,20,23);1H. The number of carbonyl (C=O) groups is 1. The van der Waals surface area contributed by atoms with Gasteiger partial charge in [0.25, 0.3) is 5.91 Å². The molecular weight excluding hydrogens is 324 g/mol. The minimum absolute atomic E-state index is 0. The van der Waals surface area contributed by atoms with Crippen LogP contribution >= 0.6 is 12.4 Å². The van der Waals surface area contributed by atoms with E-state index in [0.29, 0.717) is 18.0 Å². The van der Waals surface area contributed by atoms with Gasteiger partial charge in [-0.1, -0.05) is 13.8 Å². The van der Waals surface area contributed by atoms with Crippen LogP contribution in [-0.2, 0) is 0 Å². The SMILES string of the molecule is Cc1cc(C)n(-c2ccc(C(=O)NC(CN)CC(C)C)cc2)n1.Cl. The Kier molecular flexibility index (Phi) is 7.45. The average Bonchev–Trinajstić information content (AvgIpc) is 2.84. The van der Waals surface area contributed by atoms with E-state index in [9.17, 15) is 4.79 Å². The number of nitrogens with zero attached hydrogens (tertiary/aromatic N) is 2. The van der Waals surface area contributed by atoms with E-state index in [1.807, 2.05) is 48.9 Å². The summed E-state index contributed by atoms with van der Waals surface area (Å²) in [6.07, 6.45) is 0.881. The van der Waals surface area contributed by atoms with Crippen molar-refractivity contribution in [2.24, 2.45) is 11.7 Å². The molecule has 1 aromatic carbocycles. The van der Waals surface area contributed by atoms with Crippen molar-refractivity contribution >= 4 is 18.3 Å². The Morgan fingerprint density at radius 3 is 2.33 bits per heavy atom. The number of nitrogens with two attached hydrogens (primary N) is 1. The smallest absolute Gasteiger partial charge is 0.251 e. The van der Waals surface area contributed by atoms with Crippen molar-refractivity contribution in [3.05, 3.63) is 47.3 Å². The first-order chi connectivity index (χ1) is 10.9. The predicted molar refractivity (Wildman–Crippen MR) is 100 cm³/mol. The third-order valence-electron chi connectivity index (χ3n) is 3.76. The second-order valence-corrected chi connectivity index (χ2v) is 6.42. The molecule has 0 aliphatic rings. The molecule has 1 atom stereocenters. The molecular formula is C18H27ClN4O. The van der Waals surface area contributed by atoms with Gasteiger partial charge in [0.05, 0.1) is 11.4 Å². The van der Waals surface area contributed by atoms with E-state index < -0.39 is 0 Å². The van der Waals surface area contributed by atoms with E-state index in [2.05, 4.69) is 24.3 Å². The number of aromatic nitrogens is 2. The molecule has 0 saturated carbocycles. The average molecular weight is 351 g/mol. The van der Waals surface area contributed by atoms with Crippen LogP contribution in [0.5, 0.6) is 0 Å². The maximum absolute atomic E-state index is 12.3. The number of rotatable bonds is 6. The van der Waals surface area contributed by atoms with E-state index in [0.717, 1.165) is 23.5 Å². The molecule has 0 radical (unpaired) electrons. The quantitative estimate of drug-likeness (QED) is 0.841. The largest absolute Gasteiger partial charge is 0.348 e. The van der Waals surface area contributed by atoms with Gasteiger partial charge in [-0.2, -0.15) is 5.10 Å². The monoisotopic (exact) mass is 350 g/mol. The number of benzene rings is 1. The molecule has 6 heteroatoms. The topological polar surface area (TPSA) is 72.9 Å². The highest BCUT2D eigenvalue weighted by Crippen LogP contribution is 2.13. The molecule has 0 aliphatic heterocycles. The van der Waals surface area contributed by atoms with Crippen molar-refractivity contribution < 1.29 is 4.79 Å². The first kappa shape index (κ1) is 20.2. The summed E-state index contributed by atoms with van der Waals surface area (Å²) in [5.41, 5.74) is 9.37. The lowest BCUT2D eigenvalue weighted by Crippen LogP contribution is -2.41. The van der Waals surface area contributed by atoms with Gasteiger partial charge in [-0.25, -0.2) is 4.68 Å². The Balaban J connectivity index is 0.00000288. The van der Waals surface area contributed by atoms with Crippen molar-refractivity contribution in [1.29, 1.82) is 0 Å². The van der Waals surface area contributed by atoms with Gasteiger partial charge in [0.2, 0.25) is 0 Å². The van der Waals surface area contributed by atoms with Crippen LogP contribution in [0, 0.1) is 19.8 Å². The summed E-state index contributed by atoms with van der Waals surface area (Å²) >= 11 is 0. The van der Waals surface area contributed by atoms with Crippen LogP contribution in [0.15, 0.2) is 30.3 Å². The van der Waals surface area contributed by atoms with Crippen LogP contribution in [0.25, 0.3) is 5.69 Å². The van der Waals surface area contributed by atoms with Gasteiger partial charge in [-0.15, -0.1) is 12.4 Å². The zero-order chi connectivity index (χ0) is 17.0. The molecule has 1 unspecified atom stereocenters. The number of hydrogen-bond donors (Lipinski definition) is 2. The predicted octanol–water partition coefficient (Wildman–Crippen LogP) is 3.01. The van der Waals surface area contributed by atoms with Crippen LogP contribution in [0.3, 0.4) is 0 Å². The summed E-state index contributed by atoms with van der Waals surface area (Å²) in [7, 11) is 0. The van der Waals surface area contributed by atoms with Crippen molar-refractivity contribution in [3.63, 3.8) is 0 Å². The molecule has 1 heterocycles. The zero-order valence-electron chi connectivity index (χ0n) is 14.7. The highest BCUT2D eigenvalue weighted by atomic mass is 35.5. The van der Waals surface area contributed by atoms with Gasteiger partial charge in [0, 0.05) is 23.8 Å². The second-order valence-electron chi connectivity index (χ2n) is 6.42. The van der Waals surface area contributed by atoms with E-state index in [1.54, 1.807) is 0 Å². The molecule has 0 spiro atoms. The summed E-state index contributed by atoms with van der Waals surface area (Å²) in [6, 6.07) is 9.51. The van der Waals surface area contributed by atoms with Crippen LogP contribution in [-0.4, -0.2) is 28.3 Å². The first-order valence-corrected chi connectivity index (χ1v) is 8.05. The van der Waals surface area contributed by atoms with E-state index in [-0.39, 0.29) is 24.4 Å². The molecule has 0 aliphatic carbocycles. The Morgan fingerprint density at radius 2 is 1.88 bits per heavy atom. The lowest BCUT2D eigenvalue weighted by Gasteiger charge is -2.19. The molecule has 0 fully saturated rings. The van der Waals surface area contributed by atoms with Gasteiger partial charge in [0.15, 0.2) is 0 Å². The first-order valence-electron chi connectivity index (χ1n) is 8.05. The van der Waals surface area contributed by atoms with Crippen LogP contribution < -0.4 is 11.1 Å². The summed E-state index contributed by atoms with van der Waals surface area (Å²) in [5.74, 6) is 0.415. The van der Waals surface area contributed by atoms with Crippen molar-refractivity contribution in [1.82, 2.24) is 15.1 Å². The van der Waals surface area contributed by atoms with E-state index >= 15 is 0 Å². The Bertz CT molecular complexity index is 664. The number of carbonyl (C=O) groups excluding carboxylic acids is 1. The number of amides is 1. The van der Waals surface area contributed by atoms with Crippen LogP contribution in [0.4, 0.5) is 0 Å². The number of aryl methyl sites for hydroxylation is 2. The van der Waals surface area contributed by atoms with Crippen LogP contribution in [0.1, 0.15) is 42.0 Å². The third-order valence-corrected chi connectivity index (χ3v) is 3.76. The van der Waals surface area contributed by atoms with E-state index in [1.165, 1.54) is 0 Å². The Hall–Kier alpha value is -1.85. The molecule has 0 bridgehead atoms. The summed E-state index contributed by atoms with van der Waals surface area (Å²) < 4.78 is 1.87. The minimum Gasteiger partial charge on any atom is -0.348 e. The van der Waals surface area contributed by atoms with Gasteiger partial charge in [0.1, 0.15) is 0 Å².